The molecular weight excluding hydrogens is 454 g/mol. The molecule has 0 saturated carbocycles. The van der Waals surface area contributed by atoms with Crippen LogP contribution < -0.4 is 4.90 Å². The topological polar surface area (TPSA) is 80.8 Å². The van der Waals surface area contributed by atoms with E-state index in [1.54, 1.807) is 60.7 Å². The third-order valence-electron chi connectivity index (χ3n) is 7.01. The number of Topliss-reactive ketones (excluding diaryl/α,β-unsaturated/α-hetero) is 2. The Bertz CT molecular complexity index is 1360. The van der Waals surface area contributed by atoms with Gasteiger partial charge < -0.3 is 4.74 Å². The minimum absolute atomic E-state index is 0.209. The smallest absolute Gasteiger partial charge is 0.241 e. The molecule has 3 aromatic rings. The number of ether oxygens (including phenoxy) is 1. The van der Waals surface area contributed by atoms with E-state index in [1.165, 1.54) is 0 Å². The molecule has 1 aliphatic carbocycles. The van der Waals surface area contributed by atoms with Crippen molar-refractivity contribution in [2.45, 2.75) is 18.6 Å². The summed E-state index contributed by atoms with van der Waals surface area (Å²) in [5, 5.41) is 0.456. The molecule has 2 amide bonds. The zero-order valence-electron chi connectivity index (χ0n) is 18.0. The summed E-state index contributed by atoms with van der Waals surface area (Å²) in [6.45, 7) is 1.93. The van der Waals surface area contributed by atoms with E-state index in [2.05, 4.69) is 0 Å². The molecule has 6 nitrogen and oxygen atoms in total. The fourth-order valence-electron chi connectivity index (χ4n) is 5.42. The van der Waals surface area contributed by atoms with Crippen LogP contribution >= 0.6 is 11.6 Å². The number of halogens is 1. The van der Waals surface area contributed by atoms with Gasteiger partial charge in [0.1, 0.15) is 0 Å². The second-order valence-corrected chi connectivity index (χ2v) is 9.32. The molecule has 0 aromatic heterocycles. The van der Waals surface area contributed by atoms with E-state index in [-0.39, 0.29) is 11.1 Å². The van der Waals surface area contributed by atoms with Crippen molar-refractivity contribution in [1.82, 2.24) is 0 Å². The Balaban J connectivity index is 1.54. The number of aryl methyl sites for hydroxylation is 1. The van der Waals surface area contributed by atoms with Crippen molar-refractivity contribution in [3.63, 3.8) is 0 Å². The van der Waals surface area contributed by atoms with Gasteiger partial charge in [-0.15, -0.1) is 0 Å². The van der Waals surface area contributed by atoms with Crippen molar-refractivity contribution in [3.8, 4) is 0 Å². The van der Waals surface area contributed by atoms with Gasteiger partial charge >= 0.3 is 0 Å². The van der Waals surface area contributed by atoms with Gasteiger partial charge in [0.05, 0.1) is 23.6 Å². The van der Waals surface area contributed by atoms with Crippen molar-refractivity contribution in [3.05, 3.63) is 100 Å². The van der Waals surface area contributed by atoms with Crippen molar-refractivity contribution >= 4 is 40.7 Å². The minimum atomic E-state index is -2.07. The highest BCUT2D eigenvalue weighted by molar-refractivity contribution is 6.37. The third kappa shape index (κ3) is 2.61. The molecule has 1 spiro atoms. The number of carbonyl (C=O) groups is 4. The van der Waals surface area contributed by atoms with Gasteiger partial charge in [-0.05, 0) is 36.8 Å². The molecule has 0 radical (unpaired) electrons. The molecule has 2 fully saturated rings. The van der Waals surface area contributed by atoms with E-state index >= 15 is 0 Å². The van der Waals surface area contributed by atoms with Crippen LogP contribution in [0, 0.1) is 18.8 Å². The standard InChI is InChI=1S/C27H18ClNO5/c1-14-6-8-15(9-7-14)22-20-21(26(33)29(25(20)32)17-12-10-16(28)11-13-17)27(34-22)23(30)18-4-2-3-5-19(18)24(27)31/h2-13,20-22H,1H3/t20-,21+,22+/m1/s1. The molecule has 3 aliphatic rings. The largest absolute Gasteiger partial charge is 0.349 e. The molecule has 3 aromatic carbocycles. The number of rotatable bonds is 2. The quantitative estimate of drug-likeness (QED) is 0.410. The molecule has 34 heavy (non-hydrogen) atoms. The Labute approximate surface area is 200 Å². The molecule has 2 heterocycles. The van der Waals surface area contributed by atoms with Crippen molar-refractivity contribution in [2.24, 2.45) is 11.8 Å². The summed E-state index contributed by atoms with van der Waals surface area (Å²) in [5.41, 5.74) is 0.319. The van der Waals surface area contributed by atoms with E-state index in [0.29, 0.717) is 16.3 Å². The van der Waals surface area contributed by atoms with Crippen LogP contribution in [0.25, 0.3) is 0 Å². The SMILES string of the molecule is Cc1ccc([C@@H]2OC3(C(=O)c4ccccc4C3=O)[C@@H]3C(=O)N(c4ccc(Cl)cc4)C(=O)[C@H]32)cc1. The second kappa shape index (κ2) is 7.19. The maximum atomic E-state index is 13.8. The fourth-order valence-corrected chi connectivity index (χ4v) is 5.54. The zero-order valence-corrected chi connectivity index (χ0v) is 18.8. The molecule has 0 unspecified atom stereocenters. The van der Waals surface area contributed by atoms with Gasteiger partial charge in [0.25, 0.3) is 0 Å². The van der Waals surface area contributed by atoms with Gasteiger partial charge in [-0.2, -0.15) is 0 Å². The van der Waals surface area contributed by atoms with Crippen LogP contribution in [-0.2, 0) is 14.3 Å². The number of imide groups is 1. The Morgan fingerprint density at radius 1 is 0.794 bits per heavy atom. The number of anilines is 1. The number of fused-ring (bicyclic) bond motifs is 3. The van der Waals surface area contributed by atoms with Crippen LogP contribution in [0.1, 0.15) is 37.9 Å². The van der Waals surface area contributed by atoms with Crippen LogP contribution in [0.3, 0.4) is 0 Å². The summed E-state index contributed by atoms with van der Waals surface area (Å²) in [6, 6.07) is 20.1. The molecule has 6 rings (SSSR count). The molecule has 2 saturated heterocycles. The van der Waals surface area contributed by atoms with Gasteiger partial charge in [0, 0.05) is 16.1 Å². The fraction of sp³-hybridized carbons (Fsp3) is 0.185. The van der Waals surface area contributed by atoms with E-state index in [0.717, 1.165) is 10.5 Å². The molecule has 168 valence electrons. The summed E-state index contributed by atoms with van der Waals surface area (Å²) in [5.74, 6) is -4.56. The van der Waals surface area contributed by atoms with Crippen molar-refractivity contribution in [2.75, 3.05) is 4.90 Å². The Morgan fingerprint density at radius 3 is 1.97 bits per heavy atom. The summed E-state index contributed by atoms with van der Waals surface area (Å²) in [4.78, 5) is 56.0. The van der Waals surface area contributed by atoms with Crippen molar-refractivity contribution in [1.29, 1.82) is 0 Å². The number of hydrogen-bond donors (Lipinski definition) is 0. The summed E-state index contributed by atoms with van der Waals surface area (Å²) in [6.07, 6.45) is -0.929. The molecule has 7 heteroatoms. The average Bonchev–Trinajstić information content (AvgIpc) is 3.40. The zero-order chi connectivity index (χ0) is 23.8. The summed E-state index contributed by atoms with van der Waals surface area (Å²) in [7, 11) is 0. The Hall–Kier alpha value is -3.61. The van der Waals surface area contributed by atoms with Crippen LogP contribution in [0.5, 0.6) is 0 Å². The summed E-state index contributed by atoms with van der Waals surface area (Å²) < 4.78 is 6.27. The number of nitrogens with zero attached hydrogens (tertiary/aromatic N) is 1. The lowest BCUT2D eigenvalue weighted by Gasteiger charge is -2.27. The van der Waals surface area contributed by atoms with E-state index < -0.39 is 46.9 Å². The van der Waals surface area contributed by atoms with E-state index in [1.807, 2.05) is 19.1 Å². The first-order valence-electron chi connectivity index (χ1n) is 10.9. The predicted molar refractivity (Wildman–Crippen MR) is 124 cm³/mol. The molecule has 3 atom stereocenters. The van der Waals surface area contributed by atoms with Gasteiger partial charge in [0.2, 0.25) is 29.0 Å². The van der Waals surface area contributed by atoms with Crippen molar-refractivity contribution < 1.29 is 23.9 Å². The lowest BCUT2D eigenvalue weighted by Crippen LogP contribution is -2.51. The number of benzene rings is 3. The number of hydrogen-bond acceptors (Lipinski definition) is 5. The molecule has 0 bridgehead atoms. The van der Waals surface area contributed by atoms with Gasteiger partial charge in [-0.1, -0.05) is 65.7 Å². The Kier molecular flexibility index (Phi) is 4.43. The van der Waals surface area contributed by atoms with Gasteiger partial charge in [-0.3, -0.25) is 19.2 Å². The maximum absolute atomic E-state index is 13.8. The number of carbonyl (C=O) groups excluding carboxylic acids is 4. The van der Waals surface area contributed by atoms with E-state index in [9.17, 15) is 19.2 Å². The van der Waals surface area contributed by atoms with Crippen LogP contribution in [0.2, 0.25) is 5.02 Å². The van der Waals surface area contributed by atoms with Crippen LogP contribution in [0.15, 0.2) is 72.8 Å². The summed E-state index contributed by atoms with van der Waals surface area (Å²) >= 11 is 5.99. The Morgan fingerprint density at radius 2 is 1.38 bits per heavy atom. The lowest BCUT2D eigenvalue weighted by molar-refractivity contribution is -0.127. The first-order valence-corrected chi connectivity index (χ1v) is 11.3. The highest BCUT2D eigenvalue weighted by atomic mass is 35.5. The van der Waals surface area contributed by atoms with Crippen LogP contribution in [-0.4, -0.2) is 29.0 Å². The molecule has 2 aliphatic heterocycles. The van der Waals surface area contributed by atoms with Gasteiger partial charge in [0.15, 0.2) is 0 Å². The first-order chi connectivity index (χ1) is 16.3. The normalized spacial score (nSPS) is 24.8. The number of ketones is 2. The monoisotopic (exact) mass is 471 g/mol. The molecule has 0 N–H and O–H groups in total. The predicted octanol–water partition coefficient (Wildman–Crippen LogP) is 4.34. The highest BCUT2D eigenvalue weighted by Gasteiger charge is 2.74. The maximum Gasteiger partial charge on any atom is 0.241 e. The minimum Gasteiger partial charge on any atom is -0.349 e. The van der Waals surface area contributed by atoms with Crippen LogP contribution in [0.4, 0.5) is 5.69 Å². The molecular formula is C27H18ClNO5. The highest BCUT2D eigenvalue weighted by Crippen LogP contribution is 2.57. The van der Waals surface area contributed by atoms with Gasteiger partial charge in [-0.25, -0.2) is 4.90 Å². The lowest BCUT2D eigenvalue weighted by atomic mass is 9.77. The van der Waals surface area contributed by atoms with E-state index in [4.69, 9.17) is 16.3 Å². The number of amides is 2. The second-order valence-electron chi connectivity index (χ2n) is 8.88. The third-order valence-corrected chi connectivity index (χ3v) is 7.26. The first kappa shape index (κ1) is 21.0. The average molecular weight is 472 g/mol.